The normalized spacial score (nSPS) is 12.5. The lowest BCUT2D eigenvalue weighted by Gasteiger charge is -2.14. The highest BCUT2D eigenvalue weighted by Gasteiger charge is 2.17. The van der Waals surface area contributed by atoms with Gasteiger partial charge in [0, 0.05) is 23.6 Å². The van der Waals surface area contributed by atoms with Gasteiger partial charge in [-0.1, -0.05) is 0 Å². The minimum absolute atomic E-state index is 0.0914. The van der Waals surface area contributed by atoms with E-state index in [9.17, 15) is 4.79 Å². The molecule has 8 nitrogen and oxygen atoms in total. The Morgan fingerprint density at radius 3 is 2.74 bits per heavy atom. The van der Waals surface area contributed by atoms with E-state index in [1.165, 1.54) is 0 Å². The highest BCUT2D eigenvalue weighted by Crippen LogP contribution is 2.05. The van der Waals surface area contributed by atoms with E-state index < -0.39 is 0 Å². The van der Waals surface area contributed by atoms with Gasteiger partial charge < -0.3 is 5.32 Å². The summed E-state index contributed by atoms with van der Waals surface area (Å²) in [5.41, 5.74) is 2.86. The molecule has 8 heteroatoms. The second-order valence-corrected chi connectivity index (χ2v) is 5.75. The number of carbonyl (C=O) groups excluding carboxylic acids is 1. The number of aryl methyl sites for hydroxylation is 3. The number of aromatic nitrogens is 6. The Morgan fingerprint density at radius 1 is 1.26 bits per heavy atom. The number of nitrogens with one attached hydrogen (secondary N) is 1. The zero-order chi connectivity index (χ0) is 16.6. The van der Waals surface area contributed by atoms with Crippen molar-refractivity contribution in [1.82, 2.24) is 34.7 Å². The molecule has 1 unspecified atom stereocenters. The molecule has 1 N–H and O–H groups in total. The van der Waals surface area contributed by atoms with E-state index in [0.29, 0.717) is 12.3 Å². The average Bonchev–Trinajstić information content (AvgIpc) is 3.01. The highest BCUT2D eigenvalue weighted by molar-refractivity contribution is 5.91. The van der Waals surface area contributed by atoms with E-state index in [0.717, 1.165) is 17.1 Å². The van der Waals surface area contributed by atoms with Gasteiger partial charge >= 0.3 is 0 Å². The van der Waals surface area contributed by atoms with Crippen LogP contribution in [-0.4, -0.2) is 41.3 Å². The van der Waals surface area contributed by atoms with Crippen LogP contribution in [0.5, 0.6) is 0 Å². The van der Waals surface area contributed by atoms with Crippen molar-refractivity contribution in [3.63, 3.8) is 0 Å². The molecule has 0 aliphatic rings. The maximum Gasteiger partial charge on any atom is 0.289 e. The molecule has 1 atom stereocenters. The van der Waals surface area contributed by atoms with Crippen molar-refractivity contribution in [2.45, 2.75) is 40.3 Å². The fourth-order valence-corrected chi connectivity index (χ4v) is 2.48. The fraction of sp³-hybridized carbons (Fsp3) is 0.400. The first-order valence-electron chi connectivity index (χ1n) is 7.44. The van der Waals surface area contributed by atoms with Gasteiger partial charge in [0.2, 0.25) is 5.82 Å². The Balaban J connectivity index is 1.74. The van der Waals surface area contributed by atoms with Crippen LogP contribution in [0.2, 0.25) is 0 Å². The molecular formula is C15H19N7O. The van der Waals surface area contributed by atoms with E-state index in [4.69, 9.17) is 0 Å². The highest BCUT2D eigenvalue weighted by atomic mass is 16.2. The van der Waals surface area contributed by atoms with Crippen molar-refractivity contribution in [2.24, 2.45) is 0 Å². The van der Waals surface area contributed by atoms with E-state index in [1.807, 2.05) is 44.5 Å². The second-order valence-electron chi connectivity index (χ2n) is 5.75. The molecular weight excluding hydrogens is 294 g/mol. The van der Waals surface area contributed by atoms with Gasteiger partial charge in [0.1, 0.15) is 0 Å². The van der Waals surface area contributed by atoms with Crippen LogP contribution >= 0.6 is 0 Å². The zero-order valence-corrected chi connectivity index (χ0v) is 13.6. The van der Waals surface area contributed by atoms with E-state index in [1.54, 1.807) is 10.6 Å². The Hall–Kier alpha value is -2.77. The van der Waals surface area contributed by atoms with Crippen LogP contribution in [0.25, 0.3) is 5.78 Å². The Kier molecular flexibility index (Phi) is 3.81. The molecule has 23 heavy (non-hydrogen) atoms. The van der Waals surface area contributed by atoms with Crippen LogP contribution in [0, 0.1) is 20.8 Å². The fourth-order valence-electron chi connectivity index (χ4n) is 2.48. The number of hydrogen-bond donors (Lipinski definition) is 1. The van der Waals surface area contributed by atoms with Gasteiger partial charge in [-0.3, -0.25) is 13.9 Å². The molecule has 0 aromatic carbocycles. The molecule has 0 aliphatic carbocycles. The molecule has 3 rings (SSSR count). The first-order chi connectivity index (χ1) is 10.9. The molecule has 3 aromatic heterocycles. The SMILES string of the molecule is Cc1ccn2c(C(=O)NC(C)Cn3nc(C)cc3C)nnc2n1. The minimum atomic E-state index is -0.280. The molecule has 0 bridgehead atoms. The number of carbonyl (C=O) groups is 1. The number of fused-ring (bicyclic) bond motifs is 1. The molecule has 0 saturated carbocycles. The summed E-state index contributed by atoms with van der Waals surface area (Å²) in [4.78, 5) is 16.6. The molecule has 0 saturated heterocycles. The lowest BCUT2D eigenvalue weighted by molar-refractivity contribution is 0.0924. The average molecular weight is 313 g/mol. The summed E-state index contributed by atoms with van der Waals surface area (Å²) >= 11 is 0. The maximum absolute atomic E-state index is 12.4. The molecule has 120 valence electrons. The van der Waals surface area contributed by atoms with Gasteiger partial charge in [-0.25, -0.2) is 4.98 Å². The van der Waals surface area contributed by atoms with Crippen LogP contribution in [0.4, 0.5) is 0 Å². The van der Waals surface area contributed by atoms with Gasteiger partial charge in [-0.05, 0) is 39.8 Å². The van der Waals surface area contributed by atoms with Gasteiger partial charge in [-0.2, -0.15) is 5.10 Å². The summed E-state index contributed by atoms with van der Waals surface area (Å²) in [6.07, 6.45) is 1.75. The van der Waals surface area contributed by atoms with Crippen molar-refractivity contribution in [2.75, 3.05) is 0 Å². The largest absolute Gasteiger partial charge is 0.345 e. The number of rotatable bonds is 4. The lowest BCUT2D eigenvalue weighted by Crippen LogP contribution is -2.37. The summed E-state index contributed by atoms with van der Waals surface area (Å²) < 4.78 is 3.46. The second kappa shape index (κ2) is 5.79. The van der Waals surface area contributed by atoms with Gasteiger partial charge in [0.15, 0.2) is 0 Å². The van der Waals surface area contributed by atoms with Crippen molar-refractivity contribution >= 4 is 11.7 Å². The molecule has 3 heterocycles. The smallest absolute Gasteiger partial charge is 0.289 e. The predicted octanol–water partition coefficient (Wildman–Crippen LogP) is 1.06. The van der Waals surface area contributed by atoms with Crippen molar-refractivity contribution in [3.8, 4) is 0 Å². The Bertz CT molecular complexity index is 864. The molecule has 1 amide bonds. The van der Waals surface area contributed by atoms with Crippen LogP contribution in [-0.2, 0) is 6.54 Å². The van der Waals surface area contributed by atoms with E-state index in [2.05, 4.69) is 25.6 Å². The lowest BCUT2D eigenvalue weighted by atomic mass is 10.3. The topological polar surface area (TPSA) is 90.0 Å². The minimum Gasteiger partial charge on any atom is -0.345 e. The first-order valence-corrected chi connectivity index (χ1v) is 7.44. The third kappa shape index (κ3) is 3.05. The van der Waals surface area contributed by atoms with Crippen molar-refractivity contribution < 1.29 is 4.79 Å². The van der Waals surface area contributed by atoms with Crippen LogP contribution in [0.1, 0.15) is 34.6 Å². The molecule has 0 radical (unpaired) electrons. The number of hydrogen-bond acceptors (Lipinski definition) is 5. The molecule has 3 aromatic rings. The van der Waals surface area contributed by atoms with E-state index >= 15 is 0 Å². The third-order valence-electron chi connectivity index (χ3n) is 3.55. The first kappa shape index (κ1) is 15.1. The Morgan fingerprint density at radius 2 is 2.04 bits per heavy atom. The van der Waals surface area contributed by atoms with E-state index in [-0.39, 0.29) is 17.8 Å². The van der Waals surface area contributed by atoms with Crippen molar-refractivity contribution in [1.29, 1.82) is 0 Å². The van der Waals surface area contributed by atoms with Crippen LogP contribution < -0.4 is 5.32 Å². The van der Waals surface area contributed by atoms with Gasteiger partial charge in [-0.15, -0.1) is 10.2 Å². The van der Waals surface area contributed by atoms with Crippen molar-refractivity contribution in [3.05, 3.63) is 41.2 Å². The van der Waals surface area contributed by atoms with Crippen LogP contribution in [0.15, 0.2) is 18.3 Å². The predicted molar refractivity (Wildman–Crippen MR) is 84.1 cm³/mol. The summed E-state index contributed by atoms with van der Waals surface area (Å²) in [5, 5.41) is 15.2. The standard InChI is InChI=1S/C15H19N7O/c1-9-5-6-21-13(18-19-15(21)17-9)14(23)16-11(3)8-22-12(4)7-10(2)20-22/h5-7,11H,8H2,1-4H3,(H,16,23). The molecule has 0 spiro atoms. The quantitative estimate of drug-likeness (QED) is 0.778. The summed E-state index contributed by atoms with van der Waals surface area (Å²) in [7, 11) is 0. The number of nitrogens with zero attached hydrogens (tertiary/aromatic N) is 6. The monoisotopic (exact) mass is 313 g/mol. The third-order valence-corrected chi connectivity index (χ3v) is 3.55. The van der Waals surface area contributed by atoms with Gasteiger partial charge in [0.25, 0.3) is 11.7 Å². The number of amides is 1. The molecule has 0 aliphatic heterocycles. The summed E-state index contributed by atoms with van der Waals surface area (Å²) in [6, 6.07) is 3.73. The summed E-state index contributed by atoms with van der Waals surface area (Å²) in [5.74, 6) is 0.367. The molecule has 0 fully saturated rings. The summed E-state index contributed by atoms with van der Waals surface area (Å²) in [6.45, 7) is 8.34. The Labute approximate surface area is 133 Å². The van der Waals surface area contributed by atoms with Crippen LogP contribution in [0.3, 0.4) is 0 Å². The zero-order valence-electron chi connectivity index (χ0n) is 13.6. The van der Waals surface area contributed by atoms with Gasteiger partial charge in [0.05, 0.1) is 12.2 Å². The maximum atomic E-state index is 12.4.